The molecule has 5 nitrogen and oxygen atoms in total. The summed E-state index contributed by atoms with van der Waals surface area (Å²) in [6.07, 6.45) is 3.59. The first-order valence-electron chi connectivity index (χ1n) is 19.8. The van der Waals surface area contributed by atoms with Gasteiger partial charge < -0.3 is 4.42 Å². The van der Waals surface area contributed by atoms with Crippen molar-refractivity contribution in [2.75, 3.05) is 0 Å². The van der Waals surface area contributed by atoms with E-state index in [0.717, 1.165) is 89.1 Å². The van der Waals surface area contributed by atoms with Crippen LogP contribution in [0, 0.1) is 0 Å². The third-order valence-corrected chi connectivity index (χ3v) is 11.6. The zero-order valence-electron chi connectivity index (χ0n) is 31.7. The Bertz CT molecular complexity index is 3500. The Morgan fingerprint density at radius 3 is 1.46 bits per heavy atom. The van der Waals surface area contributed by atoms with Crippen LogP contribution in [0.2, 0.25) is 0 Å². The van der Waals surface area contributed by atoms with Crippen LogP contribution in [0.5, 0.6) is 0 Å². The van der Waals surface area contributed by atoms with Crippen molar-refractivity contribution in [3.63, 3.8) is 0 Å². The molecule has 7 aromatic carbocycles. The Morgan fingerprint density at radius 1 is 0.322 bits per heavy atom. The van der Waals surface area contributed by atoms with Gasteiger partial charge in [-0.25, -0.2) is 9.97 Å². The fourth-order valence-electron chi connectivity index (χ4n) is 8.75. The summed E-state index contributed by atoms with van der Waals surface area (Å²) in [5.41, 5.74) is 12.1. The van der Waals surface area contributed by atoms with Crippen LogP contribution in [0.4, 0.5) is 0 Å². The fraction of sp³-hybridized carbons (Fsp3) is 0. The number of benzene rings is 7. The van der Waals surface area contributed by atoms with Crippen LogP contribution in [0.25, 0.3) is 121 Å². The Morgan fingerprint density at radius 2 is 0.831 bits per heavy atom. The third-order valence-electron chi connectivity index (χ3n) is 11.6. The van der Waals surface area contributed by atoms with E-state index in [1.807, 2.05) is 48.5 Å². The van der Waals surface area contributed by atoms with Crippen LogP contribution in [-0.4, -0.2) is 19.9 Å². The summed E-state index contributed by atoms with van der Waals surface area (Å²) in [4.78, 5) is 19.6. The van der Waals surface area contributed by atoms with Gasteiger partial charge in [0.2, 0.25) is 0 Å². The van der Waals surface area contributed by atoms with Crippen molar-refractivity contribution in [2.45, 2.75) is 0 Å². The monoisotopic (exact) mass is 752 g/mol. The first kappa shape index (κ1) is 33.2. The minimum atomic E-state index is 0.800. The SMILES string of the molecule is c1ccc(-c2cc(-c3ccc(-c4ccc5c(c4)nc(-c4ccc6c7ccccc7c7ccccc7c6c4)c4c6ccccc6oc54)cc3)cc(-c3ccccn3)n2)nc1. The average molecular weight is 753 g/mol. The second-order valence-electron chi connectivity index (χ2n) is 15.0. The summed E-state index contributed by atoms with van der Waals surface area (Å²) >= 11 is 0. The molecule has 0 unspecified atom stereocenters. The van der Waals surface area contributed by atoms with Crippen LogP contribution in [0.3, 0.4) is 0 Å². The first-order valence-corrected chi connectivity index (χ1v) is 19.8. The smallest absolute Gasteiger partial charge is 0.147 e. The van der Waals surface area contributed by atoms with E-state index in [0.29, 0.717) is 0 Å². The number of aromatic nitrogens is 4. The molecule has 0 aliphatic heterocycles. The van der Waals surface area contributed by atoms with Gasteiger partial charge in [0, 0.05) is 28.7 Å². The maximum atomic E-state index is 6.68. The predicted octanol–water partition coefficient (Wildman–Crippen LogP) is 14.1. The van der Waals surface area contributed by atoms with Gasteiger partial charge in [-0.3, -0.25) is 9.97 Å². The Balaban J connectivity index is 1.00. The zero-order valence-corrected chi connectivity index (χ0v) is 31.7. The molecule has 0 N–H and O–H groups in total. The maximum absolute atomic E-state index is 6.68. The van der Waals surface area contributed by atoms with Crippen molar-refractivity contribution in [2.24, 2.45) is 0 Å². The van der Waals surface area contributed by atoms with Crippen molar-refractivity contribution in [1.29, 1.82) is 0 Å². The summed E-state index contributed by atoms with van der Waals surface area (Å²) in [6.45, 7) is 0. The molecule has 0 saturated heterocycles. The van der Waals surface area contributed by atoms with E-state index < -0.39 is 0 Å². The van der Waals surface area contributed by atoms with Crippen LogP contribution in [0.15, 0.2) is 199 Å². The molecule has 0 fully saturated rings. The van der Waals surface area contributed by atoms with Gasteiger partial charge in [0.15, 0.2) is 0 Å². The van der Waals surface area contributed by atoms with E-state index in [4.69, 9.17) is 14.4 Å². The molecular formula is C54H32N4O. The van der Waals surface area contributed by atoms with Crippen molar-refractivity contribution in [3.8, 4) is 56.3 Å². The summed E-state index contributed by atoms with van der Waals surface area (Å²) < 4.78 is 6.68. The molecule has 12 aromatic rings. The number of hydrogen-bond donors (Lipinski definition) is 0. The number of para-hydroxylation sites is 1. The maximum Gasteiger partial charge on any atom is 0.147 e. The number of nitrogens with zero attached hydrogens (tertiary/aromatic N) is 4. The van der Waals surface area contributed by atoms with Crippen molar-refractivity contribution in [1.82, 2.24) is 19.9 Å². The minimum absolute atomic E-state index is 0.800. The average Bonchev–Trinajstić information content (AvgIpc) is 3.72. The standard InChI is InChI=1S/C54H32N4O/c1-2-13-40-38(11-1)39-12-3-4-14-41(39)45-29-36(24-25-42(40)45)53-52-44-15-5-6-18-51(44)59-54(52)43-26-23-35(30-48(43)58-53)33-19-21-34(22-20-33)37-31-49(46-16-7-9-27-55-46)57-50(32-37)47-17-8-10-28-56-47/h1-32H. The summed E-state index contributed by atoms with van der Waals surface area (Å²) in [5, 5.41) is 10.5. The molecular weight excluding hydrogens is 721 g/mol. The van der Waals surface area contributed by atoms with Crippen LogP contribution in [0.1, 0.15) is 0 Å². The number of fused-ring (bicyclic) bond motifs is 11. The fourth-order valence-corrected chi connectivity index (χ4v) is 8.75. The highest BCUT2D eigenvalue weighted by Gasteiger charge is 2.20. The Kier molecular flexibility index (Phi) is 7.47. The highest BCUT2D eigenvalue weighted by molar-refractivity contribution is 6.26. The lowest BCUT2D eigenvalue weighted by atomic mass is 9.92. The third kappa shape index (κ3) is 5.47. The highest BCUT2D eigenvalue weighted by Crippen LogP contribution is 2.43. The molecule has 59 heavy (non-hydrogen) atoms. The van der Waals surface area contributed by atoms with Gasteiger partial charge in [-0.2, -0.15) is 0 Å². The summed E-state index contributed by atoms with van der Waals surface area (Å²) in [7, 11) is 0. The van der Waals surface area contributed by atoms with Crippen molar-refractivity contribution >= 4 is 65.2 Å². The van der Waals surface area contributed by atoms with Crippen molar-refractivity contribution < 1.29 is 4.42 Å². The first-order chi connectivity index (χ1) is 29.2. The van der Waals surface area contributed by atoms with Gasteiger partial charge in [-0.15, -0.1) is 0 Å². The van der Waals surface area contributed by atoms with Gasteiger partial charge in [-0.05, 0) is 115 Å². The molecule has 12 rings (SSSR count). The molecule has 0 amide bonds. The summed E-state index contributed by atoms with van der Waals surface area (Å²) in [5.74, 6) is 0. The topological polar surface area (TPSA) is 64.7 Å². The zero-order chi connectivity index (χ0) is 38.9. The molecule has 274 valence electrons. The normalized spacial score (nSPS) is 11.7. The van der Waals surface area contributed by atoms with Gasteiger partial charge in [0.1, 0.15) is 11.2 Å². The number of pyridine rings is 4. The Hall–Kier alpha value is -8.02. The van der Waals surface area contributed by atoms with E-state index in [9.17, 15) is 0 Å². The van der Waals surface area contributed by atoms with Crippen LogP contribution >= 0.6 is 0 Å². The molecule has 5 aromatic heterocycles. The van der Waals surface area contributed by atoms with Gasteiger partial charge in [-0.1, -0.05) is 121 Å². The lowest BCUT2D eigenvalue weighted by Gasteiger charge is -2.13. The highest BCUT2D eigenvalue weighted by atomic mass is 16.3. The van der Waals surface area contributed by atoms with Crippen LogP contribution in [-0.2, 0) is 0 Å². The summed E-state index contributed by atoms with van der Waals surface area (Å²) in [6, 6.07) is 63.7. The molecule has 0 spiro atoms. The second kappa shape index (κ2) is 13.3. The van der Waals surface area contributed by atoms with Gasteiger partial charge in [0.05, 0.1) is 39.4 Å². The molecule has 0 radical (unpaired) electrons. The quantitative estimate of drug-likeness (QED) is 0.164. The van der Waals surface area contributed by atoms with E-state index in [1.54, 1.807) is 12.4 Å². The van der Waals surface area contributed by atoms with Crippen LogP contribution < -0.4 is 0 Å². The second-order valence-corrected chi connectivity index (χ2v) is 15.0. The predicted molar refractivity (Wildman–Crippen MR) is 242 cm³/mol. The largest absolute Gasteiger partial charge is 0.455 e. The van der Waals surface area contributed by atoms with Crippen molar-refractivity contribution in [3.05, 3.63) is 194 Å². The van der Waals surface area contributed by atoms with Gasteiger partial charge in [0.25, 0.3) is 0 Å². The Labute approximate surface area is 338 Å². The van der Waals surface area contributed by atoms with Gasteiger partial charge >= 0.3 is 0 Å². The van der Waals surface area contributed by atoms with E-state index in [1.165, 1.54) is 32.3 Å². The lowest BCUT2D eigenvalue weighted by molar-refractivity contribution is 0.672. The molecule has 0 aliphatic rings. The molecule has 0 bridgehead atoms. The number of furan rings is 1. The lowest BCUT2D eigenvalue weighted by Crippen LogP contribution is -1.94. The van der Waals surface area contributed by atoms with E-state index in [2.05, 4.69) is 143 Å². The molecule has 0 saturated carbocycles. The molecule has 0 aliphatic carbocycles. The number of hydrogen-bond acceptors (Lipinski definition) is 5. The molecule has 5 heteroatoms. The van der Waals surface area contributed by atoms with E-state index >= 15 is 0 Å². The molecule has 5 heterocycles. The van der Waals surface area contributed by atoms with E-state index in [-0.39, 0.29) is 0 Å². The molecule has 0 atom stereocenters. The minimum Gasteiger partial charge on any atom is -0.455 e. The number of rotatable bonds is 5.